The number of methoxy groups -OCH3 is 1. The lowest BCUT2D eigenvalue weighted by Crippen LogP contribution is -2.43. The molecule has 0 radical (unpaired) electrons. The minimum atomic E-state index is -1.10. The van der Waals surface area contributed by atoms with Crippen molar-refractivity contribution in [1.82, 2.24) is 5.32 Å². The van der Waals surface area contributed by atoms with Gasteiger partial charge in [0.1, 0.15) is 6.04 Å². The van der Waals surface area contributed by atoms with Crippen molar-refractivity contribution < 1.29 is 19.4 Å². The van der Waals surface area contributed by atoms with Crippen LogP contribution in [0.4, 0.5) is 0 Å². The summed E-state index contributed by atoms with van der Waals surface area (Å²) in [6.45, 7) is 1.92. The van der Waals surface area contributed by atoms with Crippen LogP contribution in [0.5, 0.6) is 0 Å². The van der Waals surface area contributed by atoms with Gasteiger partial charge in [-0.05, 0) is 24.6 Å². The van der Waals surface area contributed by atoms with E-state index in [1.54, 1.807) is 25.1 Å². The van der Waals surface area contributed by atoms with Crippen molar-refractivity contribution in [2.75, 3.05) is 13.7 Å². The van der Waals surface area contributed by atoms with Gasteiger partial charge in [0.25, 0.3) is 0 Å². The van der Waals surface area contributed by atoms with Crippen LogP contribution >= 0.6 is 23.2 Å². The van der Waals surface area contributed by atoms with Gasteiger partial charge in [-0.3, -0.25) is 4.79 Å². The molecule has 2 atom stereocenters. The fraction of sp³-hybridized carbons (Fsp3) is 0.429. The van der Waals surface area contributed by atoms with Gasteiger partial charge < -0.3 is 15.2 Å². The van der Waals surface area contributed by atoms with Crippen LogP contribution in [0.25, 0.3) is 0 Å². The minimum Gasteiger partial charge on any atom is -0.480 e. The summed E-state index contributed by atoms with van der Waals surface area (Å²) in [6, 6.07) is 3.90. The van der Waals surface area contributed by atoms with Crippen molar-refractivity contribution in [1.29, 1.82) is 0 Å². The number of benzene rings is 1. The zero-order valence-corrected chi connectivity index (χ0v) is 13.2. The van der Waals surface area contributed by atoms with Gasteiger partial charge in [0, 0.05) is 20.1 Å². The molecule has 0 saturated heterocycles. The molecular formula is C14H17Cl2NO4. The summed E-state index contributed by atoms with van der Waals surface area (Å²) in [6.07, 6.45) is 0.200. The number of carboxylic acid groups (broad SMARTS) is 1. The van der Waals surface area contributed by atoms with E-state index in [9.17, 15) is 9.59 Å². The van der Waals surface area contributed by atoms with Crippen LogP contribution < -0.4 is 5.32 Å². The number of carbonyl (C=O) groups is 2. The van der Waals surface area contributed by atoms with Crippen LogP contribution in [0, 0.1) is 0 Å². The predicted molar refractivity (Wildman–Crippen MR) is 80.9 cm³/mol. The minimum absolute atomic E-state index is 0.200. The highest BCUT2D eigenvalue weighted by molar-refractivity contribution is 6.42. The van der Waals surface area contributed by atoms with E-state index < -0.39 is 23.8 Å². The number of halogens is 2. The Bertz CT molecular complexity index is 522. The van der Waals surface area contributed by atoms with Gasteiger partial charge in [0.2, 0.25) is 5.91 Å². The van der Waals surface area contributed by atoms with E-state index in [2.05, 4.69) is 5.32 Å². The number of carbonyl (C=O) groups excluding carboxylic acids is 1. The van der Waals surface area contributed by atoms with Crippen molar-refractivity contribution in [3.05, 3.63) is 33.8 Å². The van der Waals surface area contributed by atoms with Crippen molar-refractivity contribution in [3.8, 4) is 0 Å². The summed E-state index contributed by atoms with van der Waals surface area (Å²) in [7, 11) is 1.47. The Balaban J connectivity index is 2.76. The quantitative estimate of drug-likeness (QED) is 0.804. The maximum absolute atomic E-state index is 12.1. The summed E-state index contributed by atoms with van der Waals surface area (Å²) >= 11 is 11.7. The molecule has 1 amide bonds. The van der Waals surface area contributed by atoms with E-state index in [1.165, 1.54) is 7.11 Å². The molecule has 0 aromatic heterocycles. The molecule has 0 fully saturated rings. The summed E-state index contributed by atoms with van der Waals surface area (Å²) in [5, 5.41) is 12.3. The highest BCUT2D eigenvalue weighted by Gasteiger charge is 2.23. The number of ether oxygens (including phenoxy) is 1. The summed E-state index contributed by atoms with van der Waals surface area (Å²) in [4.78, 5) is 23.2. The Morgan fingerprint density at radius 1 is 1.33 bits per heavy atom. The fourth-order valence-corrected chi connectivity index (χ4v) is 2.03. The van der Waals surface area contributed by atoms with E-state index >= 15 is 0 Å². The molecule has 0 aliphatic heterocycles. The normalized spacial score (nSPS) is 13.5. The molecule has 0 bridgehead atoms. The molecule has 5 nitrogen and oxygen atoms in total. The number of hydrogen-bond donors (Lipinski definition) is 2. The summed E-state index contributed by atoms with van der Waals surface area (Å²) < 4.78 is 4.83. The third-order valence-electron chi connectivity index (χ3n) is 3.06. The first-order valence-electron chi connectivity index (χ1n) is 6.34. The van der Waals surface area contributed by atoms with Gasteiger partial charge in [-0.25, -0.2) is 4.79 Å². The van der Waals surface area contributed by atoms with E-state index in [1.807, 2.05) is 0 Å². The maximum atomic E-state index is 12.1. The largest absolute Gasteiger partial charge is 0.480 e. The lowest BCUT2D eigenvalue weighted by atomic mass is 10.00. The average molecular weight is 334 g/mol. The highest BCUT2D eigenvalue weighted by atomic mass is 35.5. The third-order valence-corrected chi connectivity index (χ3v) is 3.80. The average Bonchev–Trinajstić information content (AvgIpc) is 2.45. The van der Waals surface area contributed by atoms with Gasteiger partial charge in [0.05, 0.1) is 16.0 Å². The number of nitrogens with one attached hydrogen (secondary N) is 1. The second kappa shape index (κ2) is 8.22. The van der Waals surface area contributed by atoms with Crippen LogP contribution in [0.2, 0.25) is 10.0 Å². The molecule has 1 aromatic carbocycles. The first kappa shape index (κ1) is 17.8. The Kier molecular flexibility index (Phi) is 6.95. The smallest absolute Gasteiger partial charge is 0.326 e. The van der Waals surface area contributed by atoms with Crippen LogP contribution in [-0.4, -0.2) is 36.7 Å². The van der Waals surface area contributed by atoms with E-state index in [0.717, 1.165) is 0 Å². The lowest BCUT2D eigenvalue weighted by molar-refractivity contribution is -0.142. The summed E-state index contributed by atoms with van der Waals surface area (Å²) in [5.74, 6) is -2.03. The number of rotatable bonds is 7. The molecule has 1 rings (SSSR count). The molecule has 116 valence electrons. The van der Waals surface area contributed by atoms with Crippen LogP contribution in [0.1, 0.15) is 24.8 Å². The number of carboxylic acids is 1. The van der Waals surface area contributed by atoms with E-state index in [4.69, 9.17) is 33.0 Å². The molecule has 0 saturated carbocycles. The van der Waals surface area contributed by atoms with Crippen molar-refractivity contribution >= 4 is 35.1 Å². The number of aliphatic carboxylic acids is 1. The highest BCUT2D eigenvalue weighted by Crippen LogP contribution is 2.26. The molecular weight excluding hydrogens is 317 g/mol. The van der Waals surface area contributed by atoms with Crippen LogP contribution in [-0.2, 0) is 14.3 Å². The monoisotopic (exact) mass is 333 g/mol. The number of amides is 1. The zero-order valence-electron chi connectivity index (χ0n) is 11.7. The topological polar surface area (TPSA) is 75.6 Å². The van der Waals surface area contributed by atoms with Crippen LogP contribution in [0.15, 0.2) is 18.2 Å². The molecule has 0 spiro atoms. The predicted octanol–water partition coefficient (Wildman–Crippen LogP) is 2.70. The van der Waals surface area contributed by atoms with Crippen LogP contribution in [0.3, 0.4) is 0 Å². The molecule has 2 N–H and O–H groups in total. The van der Waals surface area contributed by atoms with E-state index in [-0.39, 0.29) is 13.0 Å². The molecule has 2 unspecified atom stereocenters. The molecule has 7 heteroatoms. The lowest BCUT2D eigenvalue weighted by Gasteiger charge is -2.18. The molecule has 0 aliphatic carbocycles. The third kappa shape index (κ3) is 5.19. The van der Waals surface area contributed by atoms with Gasteiger partial charge >= 0.3 is 5.97 Å². The Morgan fingerprint density at radius 2 is 2.00 bits per heavy atom. The Hall–Kier alpha value is -1.30. The Labute approximate surface area is 133 Å². The van der Waals surface area contributed by atoms with Gasteiger partial charge in [0.15, 0.2) is 0 Å². The summed E-state index contributed by atoms with van der Waals surface area (Å²) in [5.41, 5.74) is 0.665. The van der Waals surface area contributed by atoms with Crippen molar-refractivity contribution in [2.45, 2.75) is 25.3 Å². The van der Waals surface area contributed by atoms with Gasteiger partial charge in [-0.1, -0.05) is 29.3 Å². The fourth-order valence-electron chi connectivity index (χ4n) is 1.72. The van der Waals surface area contributed by atoms with E-state index in [0.29, 0.717) is 15.6 Å². The first-order valence-corrected chi connectivity index (χ1v) is 7.09. The Morgan fingerprint density at radius 3 is 2.52 bits per heavy atom. The standard InChI is InChI=1S/C14H17Cl2NO4/c1-8(9-3-4-10(15)11(16)7-9)13(18)17-12(14(19)20)5-6-21-2/h3-4,7-8,12H,5-6H2,1-2H3,(H,17,18)(H,19,20). The first-order chi connectivity index (χ1) is 9.86. The second-order valence-electron chi connectivity index (χ2n) is 4.58. The van der Waals surface area contributed by atoms with Gasteiger partial charge in [-0.15, -0.1) is 0 Å². The van der Waals surface area contributed by atoms with Crippen molar-refractivity contribution in [2.24, 2.45) is 0 Å². The molecule has 21 heavy (non-hydrogen) atoms. The maximum Gasteiger partial charge on any atom is 0.326 e. The zero-order chi connectivity index (χ0) is 16.0. The number of hydrogen-bond acceptors (Lipinski definition) is 3. The van der Waals surface area contributed by atoms with Gasteiger partial charge in [-0.2, -0.15) is 0 Å². The SMILES string of the molecule is COCCC(NC(=O)C(C)c1ccc(Cl)c(Cl)c1)C(=O)O. The molecule has 0 aliphatic rings. The second-order valence-corrected chi connectivity index (χ2v) is 5.39. The molecule has 1 aromatic rings. The molecule has 0 heterocycles. The van der Waals surface area contributed by atoms with Crippen molar-refractivity contribution in [3.63, 3.8) is 0 Å².